The van der Waals surface area contributed by atoms with Crippen LogP contribution in [0.5, 0.6) is 23.4 Å². The lowest BCUT2D eigenvalue weighted by Crippen LogP contribution is -2.03. The molecule has 8 nitrogen and oxygen atoms in total. The number of ether oxygens (including phenoxy) is 2. The fourth-order valence-electron chi connectivity index (χ4n) is 4.58. The second kappa shape index (κ2) is 11.1. The van der Waals surface area contributed by atoms with Crippen molar-refractivity contribution in [2.75, 3.05) is 5.32 Å². The molecule has 6 aromatic rings. The molecule has 0 aliphatic heterocycles. The van der Waals surface area contributed by atoms with Crippen molar-refractivity contribution in [1.82, 2.24) is 9.97 Å². The molecule has 0 atom stereocenters. The van der Waals surface area contributed by atoms with E-state index in [1.807, 2.05) is 91.9 Å². The zero-order valence-corrected chi connectivity index (χ0v) is 22.9. The molecular weight excluding hydrogens is 538 g/mol. The maximum absolute atomic E-state index is 9.96. The summed E-state index contributed by atoms with van der Waals surface area (Å²) >= 11 is 0. The molecule has 5 aromatic carbocycles. The Kier molecular flexibility index (Phi) is 7.17. The second-order valence-corrected chi connectivity index (χ2v) is 10.9. The standard InChI is InChI=1S/C32H27N3O5S/c1-2-21-11-14-26(19-29(21)41(36,37)38)33-30-20-31(39-27-15-12-22-7-3-5-9-24(22)17-27)35-32(34-30)40-28-16-13-23-8-4-6-10-25(23)18-28/h3-20,36-38H,2H2,1H3,(H,33,34,35). The lowest BCUT2D eigenvalue weighted by Gasteiger charge is -2.23. The van der Waals surface area contributed by atoms with Gasteiger partial charge in [-0.3, -0.25) is 0 Å². The van der Waals surface area contributed by atoms with E-state index in [1.54, 1.807) is 18.2 Å². The number of benzene rings is 5. The quantitative estimate of drug-likeness (QED) is 0.144. The Balaban J connectivity index is 1.36. The summed E-state index contributed by atoms with van der Waals surface area (Å²) in [5, 5.41) is 7.36. The maximum atomic E-state index is 9.96. The van der Waals surface area contributed by atoms with Gasteiger partial charge in [0.1, 0.15) is 28.2 Å². The van der Waals surface area contributed by atoms with Gasteiger partial charge in [0, 0.05) is 11.8 Å². The molecule has 4 N–H and O–H groups in total. The van der Waals surface area contributed by atoms with Crippen LogP contribution >= 0.6 is 10.9 Å². The Morgan fingerprint density at radius 3 is 1.88 bits per heavy atom. The predicted octanol–water partition coefficient (Wildman–Crippen LogP) is 9.26. The van der Waals surface area contributed by atoms with Crippen molar-refractivity contribution in [2.24, 2.45) is 0 Å². The van der Waals surface area contributed by atoms with Gasteiger partial charge in [-0.15, -0.1) is 0 Å². The summed E-state index contributed by atoms with van der Waals surface area (Å²) in [6, 6.07) is 34.1. The normalized spacial score (nSPS) is 11.9. The molecule has 0 bridgehead atoms. The van der Waals surface area contributed by atoms with E-state index in [2.05, 4.69) is 15.3 Å². The molecule has 0 fully saturated rings. The molecule has 0 amide bonds. The third-order valence-corrected chi connectivity index (χ3v) is 7.54. The third-order valence-electron chi connectivity index (χ3n) is 6.57. The van der Waals surface area contributed by atoms with Crippen molar-refractivity contribution < 1.29 is 23.1 Å². The van der Waals surface area contributed by atoms with Crippen molar-refractivity contribution in [2.45, 2.75) is 18.2 Å². The summed E-state index contributed by atoms with van der Waals surface area (Å²) < 4.78 is 42.1. The van der Waals surface area contributed by atoms with E-state index in [4.69, 9.17) is 9.47 Å². The van der Waals surface area contributed by atoms with E-state index in [0.717, 1.165) is 21.5 Å². The first-order valence-corrected chi connectivity index (χ1v) is 14.5. The van der Waals surface area contributed by atoms with E-state index in [-0.39, 0.29) is 16.8 Å². The predicted molar refractivity (Wildman–Crippen MR) is 163 cm³/mol. The number of nitrogens with one attached hydrogen (secondary N) is 1. The third kappa shape index (κ3) is 6.08. The molecular formula is C32H27N3O5S. The Hall–Kier alpha value is -4.67. The lowest BCUT2D eigenvalue weighted by atomic mass is 10.1. The van der Waals surface area contributed by atoms with Gasteiger partial charge in [-0.2, -0.15) is 9.97 Å². The number of fused-ring (bicyclic) bond motifs is 2. The van der Waals surface area contributed by atoms with Crippen LogP contribution in [0.15, 0.2) is 114 Å². The van der Waals surface area contributed by atoms with Gasteiger partial charge in [0.05, 0.1) is 4.90 Å². The highest BCUT2D eigenvalue weighted by Crippen LogP contribution is 2.47. The number of anilines is 2. The van der Waals surface area contributed by atoms with Crippen molar-refractivity contribution >= 4 is 43.9 Å². The average molecular weight is 566 g/mol. The number of rotatable bonds is 8. The molecule has 0 aliphatic carbocycles. The van der Waals surface area contributed by atoms with Gasteiger partial charge >= 0.3 is 6.01 Å². The van der Waals surface area contributed by atoms with E-state index in [9.17, 15) is 13.7 Å². The smallest absolute Gasteiger partial charge is 0.327 e. The monoisotopic (exact) mass is 565 g/mol. The number of aromatic nitrogens is 2. The molecule has 41 heavy (non-hydrogen) atoms. The highest BCUT2D eigenvalue weighted by atomic mass is 32.3. The summed E-state index contributed by atoms with van der Waals surface area (Å²) in [5.41, 5.74) is 1.11. The lowest BCUT2D eigenvalue weighted by molar-refractivity contribution is 0.375. The van der Waals surface area contributed by atoms with Crippen LogP contribution in [-0.2, 0) is 6.42 Å². The molecule has 0 radical (unpaired) electrons. The minimum Gasteiger partial charge on any atom is -0.439 e. The minimum absolute atomic E-state index is 0.0536. The first-order chi connectivity index (χ1) is 19.8. The second-order valence-electron chi connectivity index (χ2n) is 9.42. The van der Waals surface area contributed by atoms with Crippen LogP contribution in [-0.4, -0.2) is 23.6 Å². The van der Waals surface area contributed by atoms with E-state index in [0.29, 0.717) is 35.0 Å². The van der Waals surface area contributed by atoms with Crippen molar-refractivity contribution in [1.29, 1.82) is 0 Å². The van der Waals surface area contributed by atoms with Gasteiger partial charge in [0.2, 0.25) is 5.88 Å². The largest absolute Gasteiger partial charge is 0.439 e. The van der Waals surface area contributed by atoms with Crippen LogP contribution in [0.4, 0.5) is 11.5 Å². The molecule has 9 heteroatoms. The fraction of sp³-hybridized carbons (Fsp3) is 0.0625. The number of aryl methyl sites for hydroxylation is 1. The van der Waals surface area contributed by atoms with Crippen LogP contribution in [0.25, 0.3) is 21.5 Å². The molecule has 0 saturated carbocycles. The Morgan fingerprint density at radius 1 is 0.659 bits per heavy atom. The molecule has 6 rings (SSSR count). The number of hydrogen-bond acceptors (Lipinski definition) is 8. The summed E-state index contributed by atoms with van der Waals surface area (Å²) in [7, 11) is -3.92. The van der Waals surface area contributed by atoms with E-state index in [1.165, 1.54) is 6.07 Å². The van der Waals surface area contributed by atoms with Gasteiger partial charge < -0.3 is 28.4 Å². The van der Waals surface area contributed by atoms with Gasteiger partial charge in [-0.05, 0) is 69.9 Å². The zero-order valence-electron chi connectivity index (χ0n) is 22.1. The summed E-state index contributed by atoms with van der Waals surface area (Å²) in [4.78, 5) is 9.08. The average Bonchev–Trinajstić information content (AvgIpc) is 2.96. The SMILES string of the molecule is CCc1ccc(Nc2cc(Oc3ccc4ccccc4c3)nc(Oc3ccc4ccccc4c3)n2)cc1S(O)(O)O. The van der Waals surface area contributed by atoms with Crippen molar-refractivity contribution in [3.8, 4) is 23.4 Å². The fourth-order valence-corrected chi connectivity index (χ4v) is 5.43. The van der Waals surface area contributed by atoms with Crippen LogP contribution in [0.3, 0.4) is 0 Å². The molecule has 0 unspecified atom stereocenters. The highest BCUT2D eigenvalue weighted by molar-refractivity contribution is 8.19. The van der Waals surface area contributed by atoms with Crippen molar-refractivity contribution in [3.05, 3.63) is 115 Å². The first-order valence-electron chi connectivity index (χ1n) is 13.0. The van der Waals surface area contributed by atoms with Crippen LogP contribution in [0.1, 0.15) is 12.5 Å². The van der Waals surface area contributed by atoms with Gasteiger partial charge in [0.15, 0.2) is 0 Å². The summed E-state index contributed by atoms with van der Waals surface area (Å²) in [6.45, 7) is 1.87. The molecule has 206 valence electrons. The van der Waals surface area contributed by atoms with Crippen molar-refractivity contribution in [3.63, 3.8) is 0 Å². The van der Waals surface area contributed by atoms with E-state index >= 15 is 0 Å². The molecule has 0 aliphatic rings. The first kappa shape index (κ1) is 26.5. The van der Waals surface area contributed by atoms with Gasteiger partial charge in [-0.25, -0.2) is 0 Å². The van der Waals surface area contributed by atoms with Crippen LogP contribution < -0.4 is 14.8 Å². The molecule has 0 spiro atoms. The van der Waals surface area contributed by atoms with Crippen LogP contribution in [0, 0.1) is 0 Å². The molecule has 1 aromatic heterocycles. The number of nitrogens with zero attached hydrogens (tertiary/aromatic N) is 2. The molecule has 0 saturated heterocycles. The Morgan fingerprint density at radius 2 is 1.27 bits per heavy atom. The zero-order chi connectivity index (χ0) is 28.4. The topological polar surface area (TPSA) is 117 Å². The van der Waals surface area contributed by atoms with E-state index < -0.39 is 10.9 Å². The summed E-state index contributed by atoms with van der Waals surface area (Å²) in [5.74, 6) is 1.73. The molecule has 1 heterocycles. The minimum atomic E-state index is -3.92. The Labute approximate surface area is 238 Å². The maximum Gasteiger partial charge on any atom is 0.327 e. The summed E-state index contributed by atoms with van der Waals surface area (Å²) in [6.07, 6.45) is 0.521. The van der Waals surface area contributed by atoms with Gasteiger partial charge in [-0.1, -0.05) is 73.7 Å². The number of hydrogen-bond donors (Lipinski definition) is 4. The van der Waals surface area contributed by atoms with Gasteiger partial charge in [0.25, 0.3) is 0 Å². The Bertz CT molecular complexity index is 1770. The highest BCUT2D eigenvalue weighted by Gasteiger charge is 2.20. The van der Waals surface area contributed by atoms with Crippen LogP contribution in [0.2, 0.25) is 0 Å².